The van der Waals surface area contributed by atoms with Gasteiger partial charge in [0, 0.05) is 6.54 Å². The first-order valence-electron chi connectivity index (χ1n) is 5.54. The maximum absolute atomic E-state index is 8.78. The number of hydrogen-bond acceptors (Lipinski definition) is 4. The van der Waals surface area contributed by atoms with Crippen molar-refractivity contribution in [2.45, 2.75) is 25.7 Å². The van der Waals surface area contributed by atoms with Crippen LogP contribution >= 0.6 is 22.9 Å². The second-order valence-corrected chi connectivity index (χ2v) is 6.10. The van der Waals surface area contributed by atoms with Crippen molar-refractivity contribution in [2.75, 3.05) is 11.9 Å². The molecule has 0 unspecified atom stereocenters. The zero-order valence-corrected chi connectivity index (χ0v) is 10.4. The van der Waals surface area contributed by atoms with Crippen LogP contribution in [0.25, 0.3) is 0 Å². The molecular weight excluding hydrogens is 242 g/mol. The average molecular weight is 254 g/mol. The van der Waals surface area contributed by atoms with Crippen molar-refractivity contribution in [3.05, 3.63) is 10.0 Å². The summed E-state index contributed by atoms with van der Waals surface area (Å²) in [4.78, 5) is 4.64. The topological polar surface area (TPSA) is 48.7 Å². The molecule has 0 amide bonds. The Balaban J connectivity index is 1.64. The number of nitrogens with one attached hydrogen (secondary N) is 1. The summed E-state index contributed by atoms with van der Waals surface area (Å²) in [6, 6.07) is 2.05. The first-order valence-corrected chi connectivity index (χ1v) is 6.73. The average Bonchev–Trinajstić information content (AvgIpc) is 3.13. The van der Waals surface area contributed by atoms with Crippen molar-refractivity contribution >= 4 is 28.1 Å². The minimum absolute atomic E-state index is 0.325. The molecule has 0 radical (unpaired) electrons. The van der Waals surface area contributed by atoms with E-state index in [1.54, 1.807) is 0 Å². The van der Waals surface area contributed by atoms with E-state index in [1.165, 1.54) is 37.0 Å². The van der Waals surface area contributed by atoms with E-state index in [1.807, 2.05) is 6.07 Å². The zero-order valence-electron chi connectivity index (χ0n) is 8.79. The van der Waals surface area contributed by atoms with Gasteiger partial charge >= 0.3 is 0 Å². The van der Waals surface area contributed by atoms with Crippen LogP contribution in [-0.4, -0.2) is 11.5 Å². The molecule has 0 aromatic carbocycles. The summed E-state index contributed by atoms with van der Waals surface area (Å²) in [6.45, 7) is 0.992. The highest BCUT2D eigenvalue weighted by atomic mass is 35.5. The molecule has 1 N–H and O–H groups in total. The Morgan fingerprint density at radius 3 is 2.81 bits per heavy atom. The Kier molecular flexibility index (Phi) is 2.34. The number of halogens is 1. The van der Waals surface area contributed by atoms with Gasteiger partial charge in [-0.1, -0.05) is 22.9 Å². The van der Waals surface area contributed by atoms with Crippen LogP contribution in [0.3, 0.4) is 0 Å². The van der Waals surface area contributed by atoms with Crippen molar-refractivity contribution in [3.63, 3.8) is 0 Å². The molecule has 1 aromatic heterocycles. The predicted molar refractivity (Wildman–Crippen MR) is 64.7 cm³/mol. The lowest BCUT2D eigenvalue weighted by molar-refractivity contribution is 0.467. The fourth-order valence-corrected chi connectivity index (χ4v) is 3.23. The fourth-order valence-electron chi connectivity index (χ4n) is 2.28. The third-order valence-electron chi connectivity index (χ3n) is 3.61. The van der Waals surface area contributed by atoms with Crippen LogP contribution in [0.5, 0.6) is 0 Å². The lowest BCUT2D eigenvalue weighted by Gasteiger charge is -2.13. The first kappa shape index (κ1) is 10.4. The van der Waals surface area contributed by atoms with E-state index in [-0.39, 0.29) is 0 Å². The van der Waals surface area contributed by atoms with Crippen molar-refractivity contribution in [3.8, 4) is 6.07 Å². The summed E-state index contributed by atoms with van der Waals surface area (Å²) in [5, 5.41) is 13.2. The number of rotatable bonds is 4. The molecule has 84 valence electrons. The van der Waals surface area contributed by atoms with E-state index in [0.29, 0.717) is 15.4 Å². The standard InChI is InChI=1S/C11H12ClN3S/c12-9-8(5-13)16-10(15-9)14-6-11(3-4-11)7-1-2-7/h7H,1-4,6H2,(H,14,15). The third-order valence-corrected chi connectivity index (χ3v) is 4.92. The van der Waals surface area contributed by atoms with Gasteiger partial charge in [-0.3, -0.25) is 0 Å². The van der Waals surface area contributed by atoms with E-state index >= 15 is 0 Å². The van der Waals surface area contributed by atoms with E-state index in [4.69, 9.17) is 16.9 Å². The maximum Gasteiger partial charge on any atom is 0.185 e. The van der Waals surface area contributed by atoms with E-state index in [9.17, 15) is 0 Å². The van der Waals surface area contributed by atoms with Crippen LogP contribution in [0, 0.1) is 22.7 Å². The molecule has 1 aromatic rings. The van der Waals surface area contributed by atoms with Gasteiger partial charge in [0.25, 0.3) is 0 Å². The van der Waals surface area contributed by atoms with Crippen LogP contribution in [0.1, 0.15) is 30.6 Å². The Hall–Kier alpha value is -0.790. The molecule has 0 spiro atoms. The van der Waals surface area contributed by atoms with E-state index < -0.39 is 0 Å². The number of anilines is 1. The summed E-state index contributed by atoms with van der Waals surface area (Å²) in [5.74, 6) is 0.936. The maximum atomic E-state index is 8.78. The minimum atomic E-state index is 0.325. The summed E-state index contributed by atoms with van der Waals surface area (Å²) >= 11 is 7.17. The number of nitrogens with zero attached hydrogens (tertiary/aromatic N) is 2. The van der Waals surface area contributed by atoms with Crippen LogP contribution < -0.4 is 5.32 Å². The van der Waals surface area contributed by atoms with Crippen LogP contribution in [-0.2, 0) is 0 Å². The second kappa shape index (κ2) is 3.61. The zero-order chi connectivity index (χ0) is 11.2. The van der Waals surface area contributed by atoms with Gasteiger partial charge in [-0.05, 0) is 37.0 Å². The lowest BCUT2D eigenvalue weighted by Crippen LogP contribution is -2.17. The molecule has 2 aliphatic rings. The van der Waals surface area contributed by atoms with Crippen molar-refractivity contribution < 1.29 is 0 Å². The molecule has 2 fully saturated rings. The van der Waals surface area contributed by atoms with Crippen LogP contribution in [0.4, 0.5) is 5.13 Å². The molecule has 0 saturated heterocycles. The molecule has 0 bridgehead atoms. The van der Waals surface area contributed by atoms with Crippen LogP contribution in [0.15, 0.2) is 0 Å². The molecule has 5 heteroatoms. The smallest absolute Gasteiger partial charge is 0.185 e. The van der Waals surface area contributed by atoms with Gasteiger partial charge in [0.05, 0.1) is 0 Å². The quantitative estimate of drug-likeness (QED) is 0.896. The largest absolute Gasteiger partial charge is 0.361 e. The minimum Gasteiger partial charge on any atom is -0.361 e. The molecule has 3 rings (SSSR count). The molecule has 1 heterocycles. The highest BCUT2D eigenvalue weighted by Gasteiger charge is 2.53. The molecule has 0 aliphatic heterocycles. The van der Waals surface area contributed by atoms with Gasteiger partial charge in [0.1, 0.15) is 10.9 Å². The van der Waals surface area contributed by atoms with E-state index in [0.717, 1.165) is 17.6 Å². The molecule has 2 saturated carbocycles. The van der Waals surface area contributed by atoms with Gasteiger partial charge < -0.3 is 5.32 Å². The SMILES string of the molecule is N#Cc1sc(NCC2(C3CC3)CC2)nc1Cl. The predicted octanol–water partition coefficient (Wildman–Crippen LogP) is 3.27. The Morgan fingerprint density at radius 1 is 1.56 bits per heavy atom. The van der Waals surface area contributed by atoms with Crippen LogP contribution in [0.2, 0.25) is 5.15 Å². The highest BCUT2D eigenvalue weighted by molar-refractivity contribution is 7.16. The van der Waals surface area contributed by atoms with Crippen molar-refractivity contribution in [1.29, 1.82) is 5.26 Å². The van der Waals surface area contributed by atoms with Gasteiger partial charge in [-0.25, -0.2) is 4.98 Å². The Labute approximate surface area is 103 Å². The summed E-state index contributed by atoms with van der Waals surface area (Å²) in [5.41, 5.74) is 0.547. The van der Waals surface area contributed by atoms with Gasteiger partial charge in [-0.2, -0.15) is 5.26 Å². The fraction of sp³-hybridized carbons (Fsp3) is 0.636. The Morgan fingerprint density at radius 2 is 2.31 bits per heavy atom. The molecular formula is C11H12ClN3S. The highest BCUT2D eigenvalue weighted by Crippen LogP contribution is 2.61. The number of hydrogen-bond donors (Lipinski definition) is 1. The van der Waals surface area contributed by atoms with Gasteiger partial charge in [0.2, 0.25) is 0 Å². The van der Waals surface area contributed by atoms with E-state index in [2.05, 4.69) is 10.3 Å². The second-order valence-electron chi connectivity index (χ2n) is 4.74. The molecule has 2 aliphatic carbocycles. The lowest BCUT2D eigenvalue weighted by atomic mass is 10.0. The molecule has 0 atom stereocenters. The normalized spacial score (nSPS) is 21.5. The van der Waals surface area contributed by atoms with Crippen molar-refractivity contribution in [1.82, 2.24) is 4.98 Å². The molecule has 3 nitrogen and oxygen atoms in total. The van der Waals surface area contributed by atoms with Gasteiger partial charge in [0.15, 0.2) is 10.3 Å². The molecule has 16 heavy (non-hydrogen) atoms. The van der Waals surface area contributed by atoms with Crippen molar-refractivity contribution in [2.24, 2.45) is 11.3 Å². The number of thiazole rings is 1. The van der Waals surface area contributed by atoms with Gasteiger partial charge in [-0.15, -0.1) is 0 Å². The first-order chi connectivity index (χ1) is 7.73. The summed E-state index contributed by atoms with van der Waals surface area (Å²) in [7, 11) is 0. The summed E-state index contributed by atoms with van der Waals surface area (Å²) in [6.07, 6.45) is 5.47. The third kappa shape index (κ3) is 1.79. The number of nitriles is 1. The Bertz CT molecular complexity index is 454. The summed E-state index contributed by atoms with van der Waals surface area (Å²) < 4.78 is 0. The monoisotopic (exact) mass is 253 g/mol. The number of aromatic nitrogens is 1.